The Kier molecular flexibility index (Phi) is 5.14. The van der Waals surface area contributed by atoms with Crippen LogP contribution in [0.4, 0.5) is 0 Å². The fraction of sp³-hybridized carbons (Fsp3) is 0.727. The fourth-order valence-corrected chi connectivity index (χ4v) is 2.26. The smallest absolute Gasteiger partial charge is 0.147 e. The third-order valence-corrected chi connectivity index (χ3v) is 3.44. The van der Waals surface area contributed by atoms with E-state index in [1.165, 1.54) is 6.26 Å². The summed E-state index contributed by atoms with van der Waals surface area (Å²) in [7, 11) is -2.84. The molecule has 0 aliphatic heterocycles. The predicted octanol–water partition coefficient (Wildman–Crippen LogP) is 0.604. The van der Waals surface area contributed by atoms with E-state index in [0.29, 0.717) is 13.0 Å². The molecule has 0 bridgehead atoms. The van der Waals surface area contributed by atoms with Gasteiger partial charge < -0.3 is 5.32 Å². The van der Waals surface area contributed by atoms with E-state index in [1.807, 2.05) is 24.0 Å². The van der Waals surface area contributed by atoms with Crippen molar-refractivity contribution in [2.75, 3.05) is 18.6 Å². The van der Waals surface area contributed by atoms with Gasteiger partial charge in [0.15, 0.2) is 0 Å². The molecule has 0 aliphatic rings. The van der Waals surface area contributed by atoms with Crippen LogP contribution in [0.3, 0.4) is 0 Å². The molecule has 0 aromatic carbocycles. The van der Waals surface area contributed by atoms with E-state index in [9.17, 15) is 8.42 Å². The molecular formula is C11H21N3O2S. The maximum Gasteiger partial charge on any atom is 0.147 e. The van der Waals surface area contributed by atoms with Crippen LogP contribution in [-0.4, -0.2) is 42.8 Å². The number of sulfone groups is 1. The molecule has 0 saturated heterocycles. The van der Waals surface area contributed by atoms with Gasteiger partial charge >= 0.3 is 0 Å². The first-order valence-electron chi connectivity index (χ1n) is 5.77. The first-order valence-corrected chi connectivity index (χ1v) is 7.83. The maximum absolute atomic E-state index is 10.9. The molecule has 0 saturated carbocycles. The summed E-state index contributed by atoms with van der Waals surface area (Å²) in [6, 6.07) is 0.286. The first-order chi connectivity index (χ1) is 7.87. The lowest BCUT2D eigenvalue weighted by molar-refractivity contribution is 0.451. The fourth-order valence-electron chi connectivity index (χ4n) is 1.59. The van der Waals surface area contributed by atoms with Gasteiger partial charge in [0.1, 0.15) is 9.84 Å². The molecule has 0 amide bonds. The molecule has 1 heterocycles. The van der Waals surface area contributed by atoms with E-state index >= 15 is 0 Å². The van der Waals surface area contributed by atoms with Crippen molar-refractivity contribution >= 4 is 9.84 Å². The van der Waals surface area contributed by atoms with Crippen molar-refractivity contribution < 1.29 is 8.42 Å². The number of hydrogen-bond acceptors (Lipinski definition) is 4. The van der Waals surface area contributed by atoms with E-state index in [-0.39, 0.29) is 11.8 Å². The molecule has 6 heteroatoms. The lowest BCUT2D eigenvalue weighted by atomic mass is 10.3. The Labute approximate surface area is 103 Å². The van der Waals surface area contributed by atoms with Crippen LogP contribution in [0.15, 0.2) is 12.4 Å². The van der Waals surface area contributed by atoms with E-state index in [2.05, 4.69) is 17.3 Å². The highest BCUT2D eigenvalue weighted by atomic mass is 32.2. The highest BCUT2D eigenvalue weighted by molar-refractivity contribution is 7.90. The number of aryl methyl sites for hydroxylation is 1. The van der Waals surface area contributed by atoms with Gasteiger partial charge in [-0.25, -0.2) is 8.42 Å². The number of nitrogens with zero attached hydrogens (tertiary/aromatic N) is 2. The highest BCUT2D eigenvalue weighted by Gasteiger charge is 2.05. The molecule has 0 spiro atoms. The summed E-state index contributed by atoms with van der Waals surface area (Å²) in [5.74, 6) is 0.244. The summed E-state index contributed by atoms with van der Waals surface area (Å²) in [5, 5.41) is 7.49. The Morgan fingerprint density at radius 3 is 2.76 bits per heavy atom. The van der Waals surface area contributed by atoms with Gasteiger partial charge in [0, 0.05) is 18.5 Å². The summed E-state index contributed by atoms with van der Waals surface area (Å²) in [6.07, 6.45) is 5.75. The molecule has 1 unspecified atom stereocenters. The Hall–Kier alpha value is -0.880. The lowest BCUT2D eigenvalue weighted by Gasteiger charge is -2.13. The number of nitrogens with one attached hydrogen (secondary N) is 1. The van der Waals surface area contributed by atoms with Crippen LogP contribution in [0.2, 0.25) is 0 Å². The molecule has 1 aromatic heterocycles. The first kappa shape index (κ1) is 14.2. The van der Waals surface area contributed by atoms with E-state index < -0.39 is 9.84 Å². The second kappa shape index (κ2) is 6.16. The van der Waals surface area contributed by atoms with Crippen LogP contribution in [0.25, 0.3) is 0 Å². The van der Waals surface area contributed by atoms with Crippen molar-refractivity contribution in [2.24, 2.45) is 0 Å². The van der Waals surface area contributed by atoms with E-state index in [0.717, 1.165) is 12.1 Å². The quantitative estimate of drug-likeness (QED) is 0.729. The van der Waals surface area contributed by atoms with Gasteiger partial charge in [-0.1, -0.05) is 0 Å². The third kappa shape index (κ3) is 6.43. The average molecular weight is 259 g/mol. The van der Waals surface area contributed by atoms with Crippen LogP contribution < -0.4 is 5.32 Å². The zero-order chi connectivity index (χ0) is 12.9. The minimum Gasteiger partial charge on any atom is -0.312 e. The molecule has 5 nitrogen and oxygen atoms in total. The summed E-state index contributed by atoms with van der Waals surface area (Å²) in [5.41, 5.74) is 1.15. The molecule has 1 aromatic rings. The zero-order valence-electron chi connectivity index (χ0n) is 10.7. The van der Waals surface area contributed by atoms with Gasteiger partial charge in [0.25, 0.3) is 0 Å². The number of aromatic nitrogens is 2. The van der Waals surface area contributed by atoms with Crippen molar-refractivity contribution in [3.05, 3.63) is 18.0 Å². The summed E-state index contributed by atoms with van der Waals surface area (Å²) < 4.78 is 23.7. The molecule has 17 heavy (non-hydrogen) atoms. The number of rotatable bonds is 7. The Bertz CT molecular complexity index is 439. The van der Waals surface area contributed by atoms with Crippen LogP contribution in [0, 0.1) is 6.92 Å². The molecule has 1 atom stereocenters. The Morgan fingerprint density at radius 2 is 2.24 bits per heavy atom. The molecule has 1 N–H and O–H groups in total. The van der Waals surface area contributed by atoms with Crippen molar-refractivity contribution in [3.8, 4) is 0 Å². The van der Waals surface area contributed by atoms with Gasteiger partial charge in [0.05, 0.1) is 18.5 Å². The molecule has 98 valence electrons. The minimum atomic E-state index is -2.84. The highest BCUT2D eigenvalue weighted by Crippen LogP contribution is 1.96. The van der Waals surface area contributed by atoms with E-state index in [4.69, 9.17) is 0 Å². The lowest BCUT2D eigenvalue weighted by Crippen LogP contribution is -2.32. The van der Waals surface area contributed by atoms with Crippen LogP contribution >= 0.6 is 0 Å². The van der Waals surface area contributed by atoms with Gasteiger partial charge in [-0.15, -0.1) is 0 Å². The summed E-state index contributed by atoms with van der Waals surface area (Å²) in [4.78, 5) is 0. The van der Waals surface area contributed by atoms with Crippen LogP contribution in [0.5, 0.6) is 0 Å². The van der Waals surface area contributed by atoms with Crippen molar-refractivity contribution in [1.82, 2.24) is 15.1 Å². The second-order valence-electron chi connectivity index (χ2n) is 4.58. The SMILES string of the molecule is Cc1cnn(CC(C)NCCCS(C)(=O)=O)c1. The van der Waals surface area contributed by atoms with Gasteiger partial charge in [-0.05, 0) is 32.4 Å². The normalized spacial score (nSPS) is 13.8. The summed E-state index contributed by atoms with van der Waals surface area (Å²) >= 11 is 0. The minimum absolute atomic E-state index is 0.244. The standard InChI is InChI=1S/C11H21N3O2S/c1-10-7-13-14(8-10)9-11(2)12-5-4-6-17(3,15)16/h7-8,11-12H,4-6,9H2,1-3H3. The van der Waals surface area contributed by atoms with Crippen LogP contribution in [0.1, 0.15) is 18.9 Å². The Morgan fingerprint density at radius 1 is 1.53 bits per heavy atom. The van der Waals surface area contributed by atoms with Crippen LogP contribution in [-0.2, 0) is 16.4 Å². The maximum atomic E-state index is 10.9. The third-order valence-electron chi connectivity index (χ3n) is 2.41. The van der Waals surface area contributed by atoms with Crippen molar-refractivity contribution in [1.29, 1.82) is 0 Å². The summed E-state index contributed by atoms with van der Waals surface area (Å²) in [6.45, 7) is 5.59. The second-order valence-corrected chi connectivity index (χ2v) is 6.84. The Balaban J connectivity index is 2.20. The van der Waals surface area contributed by atoms with Crippen molar-refractivity contribution in [3.63, 3.8) is 0 Å². The molecule has 0 fully saturated rings. The predicted molar refractivity (Wildman–Crippen MR) is 68.8 cm³/mol. The van der Waals surface area contributed by atoms with Gasteiger partial charge in [-0.3, -0.25) is 4.68 Å². The molecule has 1 rings (SSSR count). The van der Waals surface area contributed by atoms with Gasteiger partial charge in [-0.2, -0.15) is 5.10 Å². The molecule has 0 aliphatic carbocycles. The average Bonchev–Trinajstić information content (AvgIpc) is 2.57. The molecular weight excluding hydrogens is 238 g/mol. The van der Waals surface area contributed by atoms with Crippen molar-refractivity contribution in [2.45, 2.75) is 32.9 Å². The largest absolute Gasteiger partial charge is 0.312 e. The zero-order valence-corrected chi connectivity index (χ0v) is 11.5. The van der Waals surface area contributed by atoms with E-state index in [1.54, 1.807) is 0 Å². The monoisotopic (exact) mass is 259 g/mol. The topological polar surface area (TPSA) is 64.0 Å². The number of hydrogen-bond donors (Lipinski definition) is 1. The molecule has 0 radical (unpaired) electrons. The van der Waals surface area contributed by atoms with Gasteiger partial charge in [0.2, 0.25) is 0 Å².